The molecule has 4 atom stereocenters. The molecule has 112 valence electrons. The van der Waals surface area contributed by atoms with E-state index in [1.54, 1.807) is 0 Å². The quantitative estimate of drug-likeness (QED) is 0.861. The van der Waals surface area contributed by atoms with Gasteiger partial charge in [-0.1, -0.05) is 39.0 Å². The predicted octanol–water partition coefficient (Wildman–Crippen LogP) is 4.33. The molecule has 3 aliphatic carbocycles. The second-order valence-corrected chi connectivity index (χ2v) is 7.80. The summed E-state index contributed by atoms with van der Waals surface area (Å²) in [5.41, 5.74) is 3.23. The molecular formula is C19H26N2. The van der Waals surface area contributed by atoms with Gasteiger partial charge in [-0.15, -0.1) is 0 Å². The highest BCUT2D eigenvalue weighted by atomic mass is 14.9. The molecule has 0 unspecified atom stereocenters. The van der Waals surface area contributed by atoms with Crippen LogP contribution >= 0.6 is 0 Å². The van der Waals surface area contributed by atoms with Crippen molar-refractivity contribution >= 4 is 10.9 Å². The highest BCUT2D eigenvalue weighted by Crippen LogP contribution is 2.61. The molecule has 2 bridgehead atoms. The summed E-state index contributed by atoms with van der Waals surface area (Å²) < 4.78 is 0. The third kappa shape index (κ3) is 1.96. The molecule has 0 radical (unpaired) electrons. The normalized spacial score (nSPS) is 33.9. The highest BCUT2D eigenvalue weighted by molar-refractivity contribution is 5.82. The molecule has 2 aromatic rings. The number of hydrogen-bond acceptors (Lipinski definition) is 1. The zero-order chi connectivity index (χ0) is 14.6. The van der Waals surface area contributed by atoms with E-state index in [0.29, 0.717) is 11.5 Å². The number of fused-ring (bicyclic) bond motifs is 3. The second kappa shape index (κ2) is 4.61. The zero-order valence-corrected chi connectivity index (χ0v) is 13.3. The standard InChI is InChI=1S/C19H26N2/c1-12-16-8-14(19(16,2)3)9-18(12)21-11-13-10-20-17-7-5-4-6-15(13)17/h4-7,10,12,14,16,18,20-21H,8-9,11H2,1-3H3/t12-,14+,16-,18-/m0/s1. The molecule has 0 saturated heterocycles. The number of rotatable bonds is 3. The van der Waals surface area contributed by atoms with Crippen molar-refractivity contribution in [1.29, 1.82) is 0 Å². The topological polar surface area (TPSA) is 27.8 Å². The Bertz CT molecular complexity index is 654. The molecule has 1 heterocycles. The third-order valence-corrected chi connectivity index (χ3v) is 6.58. The Morgan fingerprint density at radius 2 is 2.05 bits per heavy atom. The fourth-order valence-corrected chi connectivity index (χ4v) is 4.94. The van der Waals surface area contributed by atoms with Crippen molar-refractivity contribution in [2.24, 2.45) is 23.2 Å². The molecule has 1 aromatic heterocycles. The van der Waals surface area contributed by atoms with Crippen LogP contribution in [0.2, 0.25) is 0 Å². The van der Waals surface area contributed by atoms with E-state index in [9.17, 15) is 0 Å². The average Bonchev–Trinajstić information content (AvgIpc) is 2.89. The van der Waals surface area contributed by atoms with Crippen LogP contribution in [0.5, 0.6) is 0 Å². The Hall–Kier alpha value is -1.28. The summed E-state index contributed by atoms with van der Waals surface area (Å²) in [4.78, 5) is 3.38. The van der Waals surface area contributed by atoms with Gasteiger partial charge in [-0.05, 0) is 47.6 Å². The molecule has 0 spiro atoms. The largest absolute Gasteiger partial charge is 0.361 e. The van der Waals surface area contributed by atoms with Gasteiger partial charge in [-0.3, -0.25) is 0 Å². The molecule has 2 N–H and O–H groups in total. The first-order valence-electron chi connectivity index (χ1n) is 8.35. The van der Waals surface area contributed by atoms with E-state index in [1.165, 1.54) is 29.3 Å². The number of aromatic amines is 1. The van der Waals surface area contributed by atoms with E-state index >= 15 is 0 Å². The number of H-pyrrole nitrogens is 1. The van der Waals surface area contributed by atoms with Crippen molar-refractivity contribution in [3.05, 3.63) is 36.0 Å². The van der Waals surface area contributed by atoms with Crippen LogP contribution in [-0.2, 0) is 6.54 Å². The Labute approximate surface area is 127 Å². The van der Waals surface area contributed by atoms with E-state index in [2.05, 4.69) is 61.5 Å². The Morgan fingerprint density at radius 3 is 2.81 bits per heavy atom. The van der Waals surface area contributed by atoms with Crippen LogP contribution < -0.4 is 5.32 Å². The summed E-state index contributed by atoms with van der Waals surface area (Å²) in [5, 5.41) is 5.20. The first kappa shape index (κ1) is 13.4. The molecule has 3 saturated carbocycles. The summed E-state index contributed by atoms with van der Waals surface area (Å²) in [6, 6.07) is 9.28. The molecule has 5 rings (SSSR count). The van der Waals surface area contributed by atoms with Crippen molar-refractivity contribution < 1.29 is 0 Å². The highest BCUT2D eigenvalue weighted by Gasteiger charge is 2.55. The lowest BCUT2D eigenvalue weighted by Crippen LogP contribution is -2.59. The minimum Gasteiger partial charge on any atom is -0.361 e. The number of nitrogens with one attached hydrogen (secondary N) is 2. The first-order chi connectivity index (χ1) is 10.1. The van der Waals surface area contributed by atoms with Gasteiger partial charge >= 0.3 is 0 Å². The molecular weight excluding hydrogens is 256 g/mol. The number of aromatic nitrogens is 1. The Morgan fingerprint density at radius 1 is 1.24 bits per heavy atom. The monoisotopic (exact) mass is 282 g/mol. The summed E-state index contributed by atoms with van der Waals surface area (Å²) in [7, 11) is 0. The maximum Gasteiger partial charge on any atom is 0.0457 e. The molecule has 3 fully saturated rings. The van der Waals surface area contributed by atoms with Gasteiger partial charge in [0.15, 0.2) is 0 Å². The summed E-state index contributed by atoms with van der Waals surface area (Å²) in [6.07, 6.45) is 4.97. The van der Waals surface area contributed by atoms with Gasteiger partial charge in [0, 0.05) is 29.7 Å². The van der Waals surface area contributed by atoms with Crippen molar-refractivity contribution in [2.45, 2.75) is 46.2 Å². The predicted molar refractivity (Wildman–Crippen MR) is 88.1 cm³/mol. The van der Waals surface area contributed by atoms with Crippen LogP contribution in [0.1, 0.15) is 39.2 Å². The minimum atomic E-state index is 0.582. The van der Waals surface area contributed by atoms with Crippen LogP contribution in [-0.4, -0.2) is 11.0 Å². The Balaban J connectivity index is 1.46. The van der Waals surface area contributed by atoms with Gasteiger partial charge in [-0.2, -0.15) is 0 Å². The zero-order valence-electron chi connectivity index (χ0n) is 13.3. The van der Waals surface area contributed by atoms with Crippen LogP contribution in [0.4, 0.5) is 0 Å². The lowest BCUT2D eigenvalue weighted by Gasteiger charge is -2.62. The maximum atomic E-state index is 3.84. The summed E-state index contributed by atoms with van der Waals surface area (Å²) in [6.45, 7) is 8.38. The molecule has 21 heavy (non-hydrogen) atoms. The van der Waals surface area contributed by atoms with Gasteiger partial charge in [0.1, 0.15) is 0 Å². The van der Waals surface area contributed by atoms with Crippen molar-refractivity contribution in [3.63, 3.8) is 0 Å². The summed E-state index contributed by atoms with van der Waals surface area (Å²) in [5.74, 6) is 2.64. The van der Waals surface area contributed by atoms with Gasteiger partial charge in [0.2, 0.25) is 0 Å². The van der Waals surface area contributed by atoms with E-state index in [1.807, 2.05) is 0 Å². The molecule has 3 aliphatic rings. The van der Waals surface area contributed by atoms with Crippen molar-refractivity contribution in [1.82, 2.24) is 10.3 Å². The van der Waals surface area contributed by atoms with E-state index in [0.717, 1.165) is 24.3 Å². The first-order valence-corrected chi connectivity index (χ1v) is 8.35. The number of para-hydroxylation sites is 1. The fourth-order valence-electron chi connectivity index (χ4n) is 4.94. The van der Waals surface area contributed by atoms with Gasteiger partial charge in [-0.25, -0.2) is 0 Å². The fraction of sp³-hybridized carbons (Fsp3) is 0.579. The van der Waals surface area contributed by atoms with Crippen LogP contribution in [0, 0.1) is 23.2 Å². The lowest BCUT2D eigenvalue weighted by atomic mass is 9.45. The maximum absolute atomic E-state index is 3.84. The van der Waals surface area contributed by atoms with Gasteiger partial charge in [0.05, 0.1) is 0 Å². The second-order valence-electron chi connectivity index (χ2n) is 7.80. The van der Waals surface area contributed by atoms with Crippen molar-refractivity contribution in [2.75, 3.05) is 0 Å². The smallest absolute Gasteiger partial charge is 0.0457 e. The van der Waals surface area contributed by atoms with Gasteiger partial charge < -0.3 is 10.3 Å². The molecule has 2 heteroatoms. The Kier molecular flexibility index (Phi) is 2.94. The van der Waals surface area contributed by atoms with E-state index in [4.69, 9.17) is 0 Å². The summed E-state index contributed by atoms with van der Waals surface area (Å²) >= 11 is 0. The number of hydrogen-bond donors (Lipinski definition) is 2. The van der Waals surface area contributed by atoms with Crippen LogP contribution in [0.25, 0.3) is 10.9 Å². The average molecular weight is 282 g/mol. The van der Waals surface area contributed by atoms with Gasteiger partial charge in [0.25, 0.3) is 0 Å². The van der Waals surface area contributed by atoms with Crippen LogP contribution in [0.15, 0.2) is 30.5 Å². The SMILES string of the molecule is C[C@@H]1[C@@H](NCc2c[nH]c3ccccc23)C[C@H]2C[C@@H]1C2(C)C. The minimum absolute atomic E-state index is 0.582. The van der Waals surface area contributed by atoms with E-state index in [-0.39, 0.29) is 0 Å². The molecule has 2 nitrogen and oxygen atoms in total. The molecule has 1 aromatic carbocycles. The van der Waals surface area contributed by atoms with Crippen LogP contribution in [0.3, 0.4) is 0 Å². The number of benzene rings is 1. The molecule has 0 amide bonds. The molecule has 0 aliphatic heterocycles. The van der Waals surface area contributed by atoms with Crippen molar-refractivity contribution in [3.8, 4) is 0 Å². The van der Waals surface area contributed by atoms with E-state index < -0.39 is 0 Å². The lowest BCUT2D eigenvalue weighted by molar-refractivity contribution is -0.115. The third-order valence-electron chi connectivity index (χ3n) is 6.58.